The number of fused-ring (bicyclic) bond motifs is 4. The number of rotatable bonds is 3. The lowest BCUT2D eigenvalue weighted by Crippen LogP contribution is -1.92. The zero-order chi connectivity index (χ0) is 32.7. The molecule has 7 aromatic carbocycles. The van der Waals surface area contributed by atoms with E-state index in [4.69, 9.17) is 9.90 Å². The Bertz CT molecular complexity index is 2520. The van der Waals surface area contributed by atoms with Gasteiger partial charge in [-0.05, 0) is 72.3 Å². The summed E-state index contributed by atoms with van der Waals surface area (Å²) in [5.74, 6) is 0. The topological polar surface area (TPSA) is 13.1 Å². The molecule has 1 nitrogen and oxygen atoms in total. The Morgan fingerprint density at radius 2 is 1.00 bits per heavy atom. The molecule has 0 saturated carbocycles. The molecule has 0 N–H and O–H groups in total. The van der Waals surface area contributed by atoms with E-state index in [-0.39, 0.29) is 45.7 Å². The van der Waals surface area contributed by atoms with Gasteiger partial charge in [0, 0.05) is 10.9 Å². The largest absolute Gasteiger partial charge is 0.464 e. The van der Waals surface area contributed by atoms with Gasteiger partial charge in [-0.25, -0.2) is 0 Å². The molecule has 0 amide bonds. The van der Waals surface area contributed by atoms with Crippen LogP contribution in [0, 0.1) is 0 Å². The Morgan fingerprint density at radius 1 is 0.436 bits per heavy atom. The van der Waals surface area contributed by atoms with Crippen LogP contribution in [0.25, 0.3) is 76.7 Å². The van der Waals surface area contributed by atoms with Crippen molar-refractivity contribution >= 4 is 43.3 Å². The van der Waals surface area contributed by atoms with Crippen molar-refractivity contribution in [1.29, 1.82) is 0 Å². The second-order valence-electron chi connectivity index (χ2n) is 9.47. The summed E-state index contributed by atoms with van der Waals surface area (Å²) >= 11 is 0. The van der Waals surface area contributed by atoms with Crippen molar-refractivity contribution in [3.63, 3.8) is 0 Å². The molecule has 0 radical (unpaired) electrons. The summed E-state index contributed by atoms with van der Waals surface area (Å²) in [4.78, 5) is 0. The summed E-state index contributed by atoms with van der Waals surface area (Å²) in [7, 11) is 0. The maximum absolute atomic E-state index is 9.27. The molecule has 8 aromatic rings. The fourth-order valence-corrected chi connectivity index (χ4v) is 5.73. The Labute approximate surface area is 237 Å². The van der Waals surface area contributed by atoms with Gasteiger partial charge in [0.1, 0.15) is 5.58 Å². The summed E-state index contributed by atoms with van der Waals surface area (Å²) in [5, 5.41) is 3.03. The fourth-order valence-electron chi connectivity index (χ4n) is 5.73. The highest BCUT2D eigenvalue weighted by Crippen LogP contribution is 2.47. The van der Waals surface area contributed by atoms with E-state index in [9.17, 15) is 5.48 Å². The lowest BCUT2D eigenvalue weighted by molar-refractivity contribution is 0.617. The van der Waals surface area contributed by atoms with Crippen LogP contribution < -0.4 is 0 Å². The highest BCUT2D eigenvalue weighted by molar-refractivity contribution is 6.25. The van der Waals surface area contributed by atoms with Crippen molar-refractivity contribution in [2.24, 2.45) is 0 Å². The molecule has 0 atom stereocenters. The van der Waals surface area contributed by atoms with Crippen LogP contribution in [-0.2, 0) is 0 Å². The number of benzene rings is 7. The summed E-state index contributed by atoms with van der Waals surface area (Å²) in [6, 6.07) is 25.6. The van der Waals surface area contributed by atoms with E-state index in [1.807, 2.05) is 84.9 Å². The van der Waals surface area contributed by atoms with Gasteiger partial charge >= 0.3 is 0 Å². The van der Waals surface area contributed by atoms with Gasteiger partial charge in [0.2, 0.25) is 0 Å². The van der Waals surface area contributed by atoms with Crippen LogP contribution in [0.3, 0.4) is 0 Å². The van der Waals surface area contributed by atoms with Gasteiger partial charge in [0.15, 0.2) is 0 Å². The first kappa shape index (κ1) is 15.3. The monoisotopic (exact) mass is 504 g/mol. The first-order chi connectivity index (χ1) is 22.7. The second-order valence-corrected chi connectivity index (χ2v) is 9.47. The van der Waals surface area contributed by atoms with Crippen LogP contribution in [0.4, 0.5) is 0 Å². The van der Waals surface area contributed by atoms with Gasteiger partial charge in [-0.1, -0.05) is 127 Å². The SMILES string of the molecule is [2H]c1c([2H])c([2H])c2c(-c3ccc(-c4ccccc4)c4occc34)c3c([2H])c([2H])c([2H])c([2H])c3c(-c3cccc4ccccc34)c2c1[2H]. The fraction of sp³-hybridized carbons (Fsp3) is 0. The van der Waals surface area contributed by atoms with E-state index in [1.165, 1.54) is 0 Å². The molecular formula is C38H24O. The van der Waals surface area contributed by atoms with E-state index in [0.29, 0.717) is 33.2 Å². The van der Waals surface area contributed by atoms with Gasteiger partial charge < -0.3 is 4.42 Å². The molecule has 1 heteroatoms. The minimum Gasteiger partial charge on any atom is -0.464 e. The minimum atomic E-state index is -0.433. The van der Waals surface area contributed by atoms with E-state index >= 15 is 0 Å². The molecule has 8 rings (SSSR count). The highest BCUT2D eigenvalue weighted by atomic mass is 16.3. The van der Waals surface area contributed by atoms with E-state index < -0.39 is 24.2 Å². The minimum absolute atomic E-state index is 0.173. The molecule has 1 heterocycles. The molecule has 0 saturated heterocycles. The molecule has 0 fully saturated rings. The highest BCUT2D eigenvalue weighted by Gasteiger charge is 2.20. The number of hydrogen-bond donors (Lipinski definition) is 0. The van der Waals surface area contributed by atoms with Crippen LogP contribution in [0.15, 0.2) is 150 Å². The van der Waals surface area contributed by atoms with Crippen molar-refractivity contribution < 1.29 is 15.4 Å². The normalized spacial score (nSPS) is 14.5. The molecule has 0 bridgehead atoms. The van der Waals surface area contributed by atoms with Crippen molar-refractivity contribution in [1.82, 2.24) is 0 Å². The molecule has 0 unspecified atom stereocenters. The van der Waals surface area contributed by atoms with Crippen LogP contribution in [0.1, 0.15) is 11.0 Å². The third kappa shape index (κ3) is 3.34. The predicted octanol–water partition coefficient (Wildman–Crippen LogP) is 10.9. The average Bonchev–Trinajstić information content (AvgIpc) is 3.60. The maximum Gasteiger partial charge on any atom is 0.142 e. The standard InChI is InChI=1S/C38H24O/c1-2-11-26(12-3-1)28-21-22-34(35-23-24-39-38(28)35)37-32-18-8-6-16-30(32)36(31-17-7-9-19-33(31)37)29-20-10-14-25-13-4-5-15-27(25)29/h1-24H/i6D,7D,8D,9D,16D,17D,18D,19D. The van der Waals surface area contributed by atoms with Crippen LogP contribution >= 0.6 is 0 Å². The van der Waals surface area contributed by atoms with Crippen LogP contribution in [-0.4, -0.2) is 0 Å². The molecule has 182 valence electrons. The van der Waals surface area contributed by atoms with Gasteiger partial charge in [-0.15, -0.1) is 0 Å². The van der Waals surface area contributed by atoms with Crippen molar-refractivity contribution in [2.75, 3.05) is 0 Å². The lowest BCUT2D eigenvalue weighted by atomic mass is 9.84. The summed E-state index contributed by atoms with van der Waals surface area (Å²) < 4.78 is 78.0. The maximum atomic E-state index is 9.27. The first-order valence-electron chi connectivity index (χ1n) is 16.7. The van der Waals surface area contributed by atoms with Crippen LogP contribution in [0.5, 0.6) is 0 Å². The zero-order valence-corrected chi connectivity index (χ0v) is 20.6. The van der Waals surface area contributed by atoms with Crippen molar-refractivity contribution in [2.45, 2.75) is 0 Å². The van der Waals surface area contributed by atoms with E-state index in [2.05, 4.69) is 0 Å². The third-order valence-corrected chi connectivity index (χ3v) is 7.40. The molecular weight excluding hydrogens is 472 g/mol. The van der Waals surface area contributed by atoms with Crippen molar-refractivity contribution in [3.8, 4) is 33.4 Å². The molecule has 0 aliphatic carbocycles. The molecule has 0 spiro atoms. The Hall–Kier alpha value is -5.14. The van der Waals surface area contributed by atoms with E-state index in [0.717, 1.165) is 21.9 Å². The van der Waals surface area contributed by atoms with E-state index in [1.54, 1.807) is 12.3 Å². The molecule has 1 aromatic heterocycles. The zero-order valence-electron chi connectivity index (χ0n) is 28.6. The first-order valence-corrected chi connectivity index (χ1v) is 12.7. The number of hydrogen-bond acceptors (Lipinski definition) is 1. The third-order valence-electron chi connectivity index (χ3n) is 7.40. The summed E-state index contributed by atoms with van der Waals surface area (Å²) in [6.07, 6.45) is 1.56. The van der Waals surface area contributed by atoms with Crippen molar-refractivity contribution in [3.05, 3.63) is 146 Å². The molecule has 0 aliphatic heterocycles. The second kappa shape index (κ2) is 8.72. The lowest BCUT2D eigenvalue weighted by Gasteiger charge is -2.19. The average molecular weight is 505 g/mol. The van der Waals surface area contributed by atoms with Crippen LogP contribution in [0.2, 0.25) is 0 Å². The predicted molar refractivity (Wildman–Crippen MR) is 165 cm³/mol. The van der Waals surface area contributed by atoms with Gasteiger partial charge in [0.05, 0.1) is 17.2 Å². The Balaban J connectivity index is 1.68. The molecule has 0 aliphatic rings. The smallest absolute Gasteiger partial charge is 0.142 e. The Morgan fingerprint density at radius 3 is 1.69 bits per heavy atom. The van der Waals surface area contributed by atoms with Gasteiger partial charge in [-0.3, -0.25) is 0 Å². The summed E-state index contributed by atoms with van der Waals surface area (Å²) in [6.45, 7) is 0. The Kier molecular flexibility index (Phi) is 3.42. The molecule has 39 heavy (non-hydrogen) atoms. The summed E-state index contributed by atoms with van der Waals surface area (Å²) in [5.41, 5.74) is 4.05. The van der Waals surface area contributed by atoms with Gasteiger partial charge in [-0.2, -0.15) is 0 Å². The van der Waals surface area contributed by atoms with Gasteiger partial charge in [0.25, 0.3) is 0 Å². The number of furan rings is 1. The quantitative estimate of drug-likeness (QED) is 0.218.